The minimum absolute atomic E-state index is 0.105. The second-order valence-electron chi connectivity index (χ2n) is 5.29. The molecule has 0 unspecified atom stereocenters. The monoisotopic (exact) mass is 412 g/mol. The molecule has 0 radical (unpaired) electrons. The van der Waals surface area contributed by atoms with Crippen LogP contribution in [-0.4, -0.2) is 29.5 Å². The van der Waals surface area contributed by atoms with Gasteiger partial charge in [-0.05, 0) is 37.3 Å². The number of non-ortho nitro benzene ring substituents is 1. The molecule has 0 heterocycles. The van der Waals surface area contributed by atoms with Crippen LogP contribution < -0.4 is 10.1 Å². The molecule has 2 rings (SSSR count). The fraction of sp³-hybridized carbons (Fsp3) is 0.176. The van der Waals surface area contributed by atoms with Gasteiger partial charge >= 0.3 is 5.97 Å². The third-order valence-corrected chi connectivity index (χ3v) is 3.77. The summed E-state index contributed by atoms with van der Waals surface area (Å²) in [6.07, 6.45) is -1.00. The molecule has 1 N–H and O–H groups in total. The number of halogens is 2. The van der Waals surface area contributed by atoms with Crippen molar-refractivity contribution >= 4 is 46.5 Å². The van der Waals surface area contributed by atoms with E-state index in [-0.39, 0.29) is 16.5 Å². The third-order valence-electron chi connectivity index (χ3n) is 3.24. The van der Waals surface area contributed by atoms with Crippen molar-refractivity contribution in [1.82, 2.24) is 0 Å². The van der Waals surface area contributed by atoms with Gasteiger partial charge in [0.15, 0.2) is 12.7 Å². The van der Waals surface area contributed by atoms with Crippen molar-refractivity contribution in [2.24, 2.45) is 0 Å². The van der Waals surface area contributed by atoms with Gasteiger partial charge in [0.25, 0.3) is 11.6 Å². The van der Waals surface area contributed by atoms with Crippen molar-refractivity contribution in [3.8, 4) is 5.75 Å². The minimum Gasteiger partial charge on any atom is -0.477 e. The number of carbonyl (C=O) groups is 2. The first kappa shape index (κ1) is 20.5. The molecule has 0 spiro atoms. The van der Waals surface area contributed by atoms with Gasteiger partial charge in [0.2, 0.25) is 0 Å². The average molecular weight is 413 g/mol. The van der Waals surface area contributed by atoms with E-state index in [2.05, 4.69) is 5.32 Å². The number of rotatable bonds is 7. The summed E-state index contributed by atoms with van der Waals surface area (Å²) in [5.41, 5.74) is 0.227. The van der Waals surface area contributed by atoms with Gasteiger partial charge in [-0.1, -0.05) is 23.2 Å². The number of hydrogen-bond donors (Lipinski definition) is 1. The average Bonchev–Trinajstić information content (AvgIpc) is 2.62. The van der Waals surface area contributed by atoms with Crippen molar-refractivity contribution in [1.29, 1.82) is 0 Å². The van der Waals surface area contributed by atoms with E-state index in [0.717, 1.165) is 0 Å². The minimum atomic E-state index is -1.00. The summed E-state index contributed by atoms with van der Waals surface area (Å²) >= 11 is 11.7. The van der Waals surface area contributed by atoms with Crippen LogP contribution in [-0.2, 0) is 14.3 Å². The zero-order valence-electron chi connectivity index (χ0n) is 14.0. The largest absolute Gasteiger partial charge is 0.477 e. The SMILES string of the molecule is C[C@@H](Oc1ccc(Cl)cc1Cl)C(=O)OCC(=O)Nc1ccc([N+](=O)[O-])cc1. The Hall–Kier alpha value is -2.84. The number of nitro groups is 1. The Bertz CT molecular complexity index is 857. The molecule has 0 fully saturated rings. The van der Waals surface area contributed by atoms with Gasteiger partial charge in [-0.15, -0.1) is 0 Å². The number of nitrogens with zero attached hydrogens (tertiary/aromatic N) is 1. The molecule has 8 nitrogen and oxygen atoms in total. The highest BCUT2D eigenvalue weighted by molar-refractivity contribution is 6.35. The Morgan fingerprint density at radius 1 is 1.19 bits per heavy atom. The summed E-state index contributed by atoms with van der Waals surface area (Å²) in [6, 6.07) is 9.75. The van der Waals surface area contributed by atoms with E-state index in [4.69, 9.17) is 32.7 Å². The fourth-order valence-electron chi connectivity index (χ4n) is 1.93. The quantitative estimate of drug-likeness (QED) is 0.420. The first-order valence-corrected chi connectivity index (χ1v) is 8.34. The number of nitrogens with one attached hydrogen (secondary N) is 1. The van der Waals surface area contributed by atoms with Crippen LogP contribution in [0.15, 0.2) is 42.5 Å². The molecule has 0 aliphatic heterocycles. The first-order chi connectivity index (χ1) is 12.8. The Labute approximate surface area is 164 Å². The van der Waals surface area contributed by atoms with Crippen LogP contribution in [0, 0.1) is 10.1 Å². The maximum atomic E-state index is 11.9. The number of benzene rings is 2. The van der Waals surface area contributed by atoms with Crippen LogP contribution in [0.4, 0.5) is 11.4 Å². The summed E-state index contributed by atoms with van der Waals surface area (Å²) in [5.74, 6) is -1.12. The fourth-order valence-corrected chi connectivity index (χ4v) is 2.38. The maximum Gasteiger partial charge on any atom is 0.347 e. The topological polar surface area (TPSA) is 108 Å². The Morgan fingerprint density at radius 3 is 2.44 bits per heavy atom. The van der Waals surface area contributed by atoms with Crippen molar-refractivity contribution in [3.05, 3.63) is 62.6 Å². The van der Waals surface area contributed by atoms with Gasteiger partial charge in [-0.2, -0.15) is 0 Å². The lowest BCUT2D eigenvalue weighted by Gasteiger charge is -2.15. The van der Waals surface area contributed by atoms with Crippen LogP contribution >= 0.6 is 23.2 Å². The molecule has 10 heteroatoms. The molecule has 27 heavy (non-hydrogen) atoms. The highest BCUT2D eigenvalue weighted by Gasteiger charge is 2.19. The molecular weight excluding hydrogens is 399 g/mol. The number of anilines is 1. The zero-order chi connectivity index (χ0) is 20.0. The van der Waals surface area contributed by atoms with E-state index >= 15 is 0 Å². The third kappa shape index (κ3) is 6.12. The van der Waals surface area contributed by atoms with Gasteiger partial charge in [0, 0.05) is 22.8 Å². The summed E-state index contributed by atoms with van der Waals surface area (Å²) in [6.45, 7) is 0.902. The molecular formula is C17H14Cl2N2O6. The number of nitro benzene ring substituents is 1. The summed E-state index contributed by atoms with van der Waals surface area (Å²) in [5, 5.41) is 13.7. The lowest BCUT2D eigenvalue weighted by atomic mass is 10.3. The maximum absolute atomic E-state index is 11.9. The number of ether oxygens (including phenoxy) is 2. The van der Waals surface area contributed by atoms with E-state index in [1.54, 1.807) is 6.07 Å². The van der Waals surface area contributed by atoms with Crippen LogP contribution in [0.25, 0.3) is 0 Å². The van der Waals surface area contributed by atoms with Crippen molar-refractivity contribution < 1.29 is 24.0 Å². The molecule has 0 aliphatic rings. The van der Waals surface area contributed by atoms with Crippen molar-refractivity contribution in [3.63, 3.8) is 0 Å². The lowest BCUT2D eigenvalue weighted by molar-refractivity contribution is -0.384. The van der Waals surface area contributed by atoms with E-state index in [1.165, 1.54) is 43.3 Å². The molecule has 2 aromatic carbocycles. The van der Waals surface area contributed by atoms with Crippen LogP contribution in [0.3, 0.4) is 0 Å². The Kier molecular flexibility index (Phi) is 6.98. The molecule has 0 saturated heterocycles. The van der Waals surface area contributed by atoms with E-state index in [0.29, 0.717) is 10.7 Å². The highest BCUT2D eigenvalue weighted by Crippen LogP contribution is 2.28. The molecule has 142 valence electrons. The van der Waals surface area contributed by atoms with Crippen LogP contribution in [0.5, 0.6) is 5.75 Å². The molecule has 0 aliphatic carbocycles. The van der Waals surface area contributed by atoms with Gasteiger partial charge in [-0.25, -0.2) is 4.79 Å². The molecule has 0 bridgehead atoms. The van der Waals surface area contributed by atoms with Crippen LogP contribution in [0.1, 0.15) is 6.92 Å². The van der Waals surface area contributed by atoms with Gasteiger partial charge in [0.05, 0.1) is 9.95 Å². The Morgan fingerprint density at radius 2 is 1.85 bits per heavy atom. The predicted octanol–water partition coefficient (Wildman–Crippen LogP) is 3.85. The number of esters is 1. The van der Waals surface area contributed by atoms with E-state index in [1.807, 2.05) is 0 Å². The van der Waals surface area contributed by atoms with Crippen molar-refractivity contribution in [2.75, 3.05) is 11.9 Å². The standard InChI is InChI=1S/C17H14Cl2N2O6/c1-10(27-15-7-2-11(18)8-14(15)19)17(23)26-9-16(22)20-12-3-5-13(6-4-12)21(24)25/h2-8,10H,9H2,1H3,(H,20,22)/t10-/m1/s1. The zero-order valence-corrected chi connectivity index (χ0v) is 15.5. The summed E-state index contributed by atoms with van der Waals surface area (Å²) < 4.78 is 10.3. The summed E-state index contributed by atoms with van der Waals surface area (Å²) in [7, 11) is 0. The van der Waals surface area contributed by atoms with Gasteiger partial charge in [0.1, 0.15) is 5.75 Å². The van der Waals surface area contributed by atoms with Crippen molar-refractivity contribution in [2.45, 2.75) is 13.0 Å². The van der Waals surface area contributed by atoms with Gasteiger partial charge in [-0.3, -0.25) is 14.9 Å². The number of carbonyl (C=O) groups excluding carboxylic acids is 2. The van der Waals surface area contributed by atoms with E-state index in [9.17, 15) is 19.7 Å². The predicted molar refractivity (Wildman–Crippen MR) is 99.2 cm³/mol. The first-order valence-electron chi connectivity index (χ1n) is 7.59. The molecule has 2 aromatic rings. The second kappa shape index (κ2) is 9.20. The number of amides is 1. The molecule has 0 aromatic heterocycles. The Balaban J connectivity index is 1.83. The molecule has 0 saturated carbocycles. The molecule has 1 amide bonds. The second-order valence-corrected chi connectivity index (χ2v) is 6.14. The van der Waals surface area contributed by atoms with E-state index < -0.39 is 29.5 Å². The number of hydrogen-bond acceptors (Lipinski definition) is 6. The summed E-state index contributed by atoms with van der Waals surface area (Å²) in [4.78, 5) is 33.8. The smallest absolute Gasteiger partial charge is 0.347 e. The highest BCUT2D eigenvalue weighted by atomic mass is 35.5. The van der Waals surface area contributed by atoms with Crippen LogP contribution in [0.2, 0.25) is 10.0 Å². The normalized spacial score (nSPS) is 11.4. The lowest BCUT2D eigenvalue weighted by Crippen LogP contribution is -2.29. The van der Waals surface area contributed by atoms with Gasteiger partial charge < -0.3 is 14.8 Å². The molecule has 1 atom stereocenters.